The number of nitrogens with one attached hydrogen (secondary N) is 1. The molecule has 5 heteroatoms. The van der Waals surface area contributed by atoms with Crippen LogP contribution in [0.15, 0.2) is 18.3 Å². The molecule has 0 aliphatic heterocycles. The number of nitrogens with zero attached hydrogens (tertiary/aromatic N) is 1. The third-order valence-electron chi connectivity index (χ3n) is 2.50. The van der Waals surface area contributed by atoms with E-state index in [2.05, 4.69) is 24.1 Å². The van der Waals surface area contributed by atoms with Crippen molar-refractivity contribution >= 4 is 5.91 Å². The van der Waals surface area contributed by atoms with Crippen LogP contribution in [0, 0.1) is 5.92 Å². The Labute approximate surface area is 114 Å². The van der Waals surface area contributed by atoms with Crippen LogP contribution in [0.3, 0.4) is 0 Å². The lowest BCUT2D eigenvalue weighted by Crippen LogP contribution is -2.26. The number of nitrogens with two attached hydrogens (primary N) is 1. The zero-order valence-electron chi connectivity index (χ0n) is 11.7. The highest BCUT2D eigenvalue weighted by Crippen LogP contribution is 1.99. The van der Waals surface area contributed by atoms with E-state index in [1.54, 1.807) is 12.3 Å². The van der Waals surface area contributed by atoms with E-state index >= 15 is 0 Å². The van der Waals surface area contributed by atoms with Crippen LogP contribution >= 0.6 is 0 Å². The van der Waals surface area contributed by atoms with Crippen molar-refractivity contribution in [1.82, 2.24) is 10.3 Å². The van der Waals surface area contributed by atoms with Crippen molar-refractivity contribution in [2.45, 2.75) is 26.8 Å². The molecule has 0 unspecified atom stereocenters. The van der Waals surface area contributed by atoms with E-state index in [1.165, 1.54) is 0 Å². The van der Waals surface area contributed by atoms with Crippen LogP contribution in [0.2, 0.25) is 0 Å². The lowest BCUT2D eigenvalue weighted by molar-refractivity contribution is 0.0920. The van der Waals surface area contributed by atoms with Gasteiger partial charge in [0.15, 0.2) is 0 Å². The minimum Gasteiger partial charge on any atom is -0.381 e. The number of ether oxygens (including phenoxy) is 1. The monoisotopic (exact) mass is 265 g/mol. The van der Waals surface area contributed by atoms with Crippen LogP contribution < -0.4 is 11.1 Å². The van der Waals surface area contributed by atoms with E-state index in [4.69, 9.17) is 10.5 Å². The quantitative estimate of drug-likeness (QED) is 0.695. The van der Waals surface area contributed by atoms with Crippen molar-refractivity contribution in [2.24, 2.45) is 11.7 Å². The zero-order valence-corrected chi connectivity index (χ0v) is 11.7. The topological polar surface area (TPSA) is 77.2 Å². The molecule has 0 aromatic carbocycles. The number of hydrogen-bond donors (Lipinski definition) is 2. The Morgan fingerprint density at radius 1 is 1.47 bits per heavy atom. The fraction of sp³-hybridized carbons (Fsp3) is 0.571. The third-order valence-corrected chi connectivity index (χ3v) is 2.50. The molecule has 1 amide bonds. The Kier molecular flexibility index (Phi) is 7.07. The summed E-state index contributed by atoms with van der Waals surface area (Å²) in [7, 11) is 0. The number of amides is 1. The summed E-state index contributed by atoms with van der Waals surface area (Å²) in [6.45, 7) is 6.67. The van der Waals surface area contributed by atoms with Gasteiger partial charge in [0, 0.05) is 32.5 Å². The lowest BCUT2D eigenvalue weighted by Gasteiger charge is -2.07. The number of carbonyl (C=O) groups is 1. The Balaban J connectivity index is 2.20. The molecule has 19 heavy (non-hydrogen) atoms. The van der Waals surface area contributed by atoms with Gasteiger partial charge in [-0.05, 0) is 24.0 Å². The smallest absolute Gasteiger partial charge is 0.269 e. The van der Waals surface area contributed by atoms with E-state index in [-0.39, 0.29) is 5.91 Å². The van der Waals surface area contributed by atoms with Gasteiger partial charge in [0.1, 0.15) is 5.69 Å². The SMILES string of the molecule is CC(C)COCCCNC(=O)c1ccc(CN)cn1. The Bertz CT molecular complexity index is 377. The number of aromatic nitrogens is 1. The van der Waals surface area contributed by atoms with Crippen molar-refractivity contribution in [2.75, 3.05) is 19.8 Å². The van der Waals surface area contributed by atoms with E-state index < -0.39 is 0 Å². The van der Waals surface area contributed by atoms with Gasteiger partial charge >= 0.3 is 0 Å². The fourth-order valence-electron chi connectivity index (χ4n) is 1.47. The highest BCUT2D eigenvalue weighted by Gasteiger charge is 2.05. The molecule has 1 rings (SSSR count). The Hall–Kier alpha value is -1.46. The number of carbonyl (C=O) groups excluding carboxylic acids is 1. The van der Waals surface area contributed by atoms with Crippen molar-refractivity contribution in [3.8, 4) is 0 Å². The van der Waals surface area contributed by atoms with Gasteiger partial charge in [0.2, 0.25) is 0 Å². The maximum Gasteiger partial charge on any atom is 0.269 e. The molecule has 0 saturated heterocycles. The minimum atomic E-state index is -0.160. The van der Waals surface area contributed by atoms with Gasteiger partial charge in [-0.3, -0.25) is 9.78 Å². The van der Waals surface area contributed by atoms with Crippen LogP contribution in [0.4, 0.5) is 0 Å². The van der Waals surface area contributed by atoms with Gasteiger partial charge in [0.25, 0.3) is 5.91 Å². The minimum absolute atomic E-state index is 0.160. The molecule has 1 aromatic rings. The first kappa shape index (κ1) is 15.6. The van der Waals surface area contributed by atoms with Gasteiger partial charge in [-0.2, -0.15) is 0 Å². The van der Waals surface area contributed by atoms with Gasteiger partial charge in [-0.1, -0.05) is 19.9 Å². The fourth-order valence-corrected chi connectivity index (χ4v) is 1.47. The predicted octanol–water partition coefficient (Wildman–Crippen LogP) is 1.33. The van der Waals surface area contributed by atoms with Gasteiger partial charge < -0.3 is 15.8 Å². The number of hydrogen-bond acceptors (Lipinski definition) is 4. The maximum atomic E-state index is 11.7. The largest absolute Gasteiger partial charge is 0.381 e. The second kappa shape index (κ2) is 8.61. The summed E-state index contributed by atoms with van der Waals surface area (Å²) in [5.74, 6) is 0.382. The molecule has 0 aliphatic carbocycles. The molecule has 0 spiro atoms. The molecule has 0 aliphatic rings. The summed E-state index contributed by atoms with van der Waals surface area (Å²) < 4.78 is 5.43. The van der Waals surface area contributed by atoms with Crippen LogP contribution in [-0.4, -0.2) is 30.6 Å². The molecule has 3 N–H and O–H groups in total. The molecule has 1 heterocycles. The van der Waals surface area contributed by atoms with E-state index in [0.29, 0.717) is 31.3 Å². The molecule has 5 nitrogen and oxygen atoms in total. The second-order valence-corrected chi connectivity index (χ2v) is 4.83. The number of rotatable bonds is 8. The molecule has 0 radical (unpaired) electrons. The molecule has 0 bridgehead atoms. The Morgan fingerprint density at radius 2 is 2.26 bits per heavy atom. The first-order valence-electron chi connectivity index (χ1n) is 6.64. The van der Waals surface area contributed by atoms with Crippen molar-refractivity contribution in [3.05, 3.63) is 29.6 Å². The second-order valence-electron chi connectivity index (χ2n) is 4.83. The Morgan fingerprint density at radius 3 is 2.84 bits per heavy atom. The highest BCUT2D eigenvalue weighted by molar-refractivity contribution is 5.92. The maximum absolute atomic E-state index is 11.7. The van der Waals surface area contributed by atoms with Crippen LogP contribution in [-0.2, 0) is 11.3 Å². The van der Waals surface area contributed by atoms with E-state index in [9.17, 15) is 4.79 Å². The summed E-state index contributed by atoms with van der Waals surface area (Å²) >= 11 is 0. The van der Waals surface area contributed by atoms with Gasteiger partial charge in [-0.15, -0.1) is 0 Å². The zero-order chi connectivity index (χ0) is 14.1. The van der Waals surface area contributed by atoms with Crippen molar-refractivity contribution in [1.29, 1.82) is 0 Å². The summed E-state index contributed by atoms with van der Waals surface area (Å²) in [5.41, 5.74) is 6.80. The molecular formula is C14H23N3O2. The highest BCUT2D eigenvalue weighted by atomic mass is 16.5. The average Bonchev–Trinajstić information content (AvgIpc) is 2.42. The van der Waals surface area contributed by atoms with E-state index in [0.717, 1.165) is 18.6 Å². The van der Waals surface area contributed by atoms with Crippen LogP contribution in [0.5, 0.6) is 0 Å². The molecule has 1 aromatic heterocycles. The third kappa shape index (κ3) is 6.31. The average molecular weight is 265 g/mol. The van der Waals surface area contributed by atoms with Gasteiger partial charge in [0.05, 0.1) is 0 Å². The van der Waals surface area contributed by atoms with E-state index in [1.807, 2.05) is 6.07 Å². The molecule has 106 valence electrons. The summed E-state index contributed by atoms with van der Waals surface area (Å²) in [6.07, 6.45) is 2.43. The molecule has 0 fully saturated rings. The normalized spacial score (nSPS) is 10.7. The summed E-state index contributed by atoms with van der Waals surface area (Å²) in [4.78, 5) is 15.8. The standard InChI is InChI=1S/C14H23N3O2/c1-11(2)10-19-7-3-6-16-14(18)13-5-4-12(8-15)9-17-13/h4-5,9,11H,3,6-8,10,15H2,1-2H3,(H,16,18). The van der Waals surface area contributed by atoms with Crippen LogP contribution in [0.25, 0.3) is 0 Å². The first-order chi connectivity index (χ1) is 9.13. The number of pyridine rings is 1. The first-order valence-corrected chi connectivity index (χ1v) is 6.64. The van der Waals surface area contributed by atoms with Gasteiger partial charge in [-0.25, -0.2) is 0 Å². The van der Waals surface area contributed by atoms with Crippen LogP contribution in [0.1, 0.15) is 36.3 Å². The molecule has 0 saturated carbocycles. The summed E-state index contributed by atoms with van der Waals surface area (Å²) in [6, 6.07) is 3.50. The van der Waals surface area contributed by atoms with Crippen molar-refractivity contribution < 1.29 is 9.53 Å². The predicted molar refractivity (Wildman–Crippen MR) is 74.7 cm³/mol. The summed E-state index contributed by atoms with van der Waals surface area (Å²) in [5, 5.41) is 2.81. The lowest BCUT2D eigenvalue weighted by atomic mass is 10.2. The van der Waals surface area contributed by atoms with Crippen molar-refractivity contribution in [3.63, 3.8) is 0 Å². The molecule has 0 atom stereocenters. The molecular weight excluding hydrogens is 242 g/mol.